The maximum atomic E-state index is 13.4. The zero-order valence-electron chi connectivity index (χ0n) is 10.3. The number of aliphatic hydroxyl groups is 1. The summed E-state index contributed by atoms with van der Waals surface area (Å²) >= 11 is 0. The van der Waals surface area contributed by atoms with E-state index in [1.54, 1.807) is 6.92 Å². The van der Waals surface area contributed by atoms with Crippen LogP contribution in [0.5, 0.6) is 0 Å². The van der Waals surface area contributed by atoms with Crippen molar-refractivity contribution in [2.24, 2.45) is 0 Å². The number of benzene rings is 1. The van der Waals surface area contributed by atoms with Crippen molar-refractivity contribution in [3.8, 4) is 0 Å². The summed E-state index contributed by atoms with van der Waals surface area (Å²) in [7, 11) is -3.89. The molecule has 0 saturated carbocycles. The smallest absolute Gasteiger partial charge is 0.241 e. The van der Waals surface area contributed by atoms with E-state index in [9.17, 15) is 12.8 Å². The van der Waals surface area contributed by atoms with Gasteiger partial charge in [0.2, 0.25) is 10.0 Å². The highest BCUT2D eigenvalue weighted by Crippen LogP contribution is 2.22. The van der Waals surface area contributed by atoms with Crippen LogP contribution in [0.4, 0.5) is 10.1 Å². The van der Waals surface area contributed by atoms with Crippen molar-refractivity contribution >= 4 is 15.7 Å². The van der Waals surface area contributed by atoms with E-state index < -0.39 is 21.9 Å². The average Bonchev–Trinajstić information content (AvgIpc) is 2.30. The summed E-state index contributed by atoms with van der Waals surface area (Å²) in [5.41, 5.74) is 5.48. The molecule has 0 heterocycles. The van der Waals surface area contributed by atoms with Crippen molar-refractivity contribution in [1.29, 1.82) is 0 Å². The minimum absolute atomic E-state index is 0.00416. The first kappa shape index (κ1) is 14.9. The fourth-order valence-electron chi connectivity index (χ4n) is 1.49. The van der Waals surface area contributed by atoms with E-state index in [0.717, 1.165) is 6.07 Å². The van der Waals surface area contributed by atoms with Gasteiger partial charge in [-0.15, -0.1) is 0 Å². The number of nitrogen functional groups attached to an aromatic ring is 1. The lowest BCUT2D eigenvalue weighted by molar-refractivity contribution is 0.254. The van der Waals surface area contributed by atoms with Crippen LogP contribution >= 0.6 is 0 Å². The number of hydrogen-bond donors (Lipinski definition) is 3. The molecule has 1 atom stereocenters. The third-order valence-electron chi connectivity index (χ3n) is 2.64. The Hall–Kier alpha value is -1.18. The van der Waals surface area contributed by atoms with Crippen molar-refractivity contribution in [2.45, 2.75) is 31.2 Å². The topological polar surface area (TPSA) is 92.4 Å². The quantitative estimate of drug-likeness (QED) is 0.692. The molecule has 0 radical (unpaired) electrons. The van der Waals surface area contributed by atoms with Crippen LogP contribution in [0.15, 0.2) is 17.0 Å². The molecule has 1 aromatic rings. The Kier molecular flexibility index (Phi) is 4.66. The Bertz CT molecular complexity index is 527. The molecule has 5 nitrogen and oxygen atoms in total. The summed E-state index contributed by atoms with van der Waals surface area (Å²) in [6, 6.07) is 1.67. The number of halogens is 1. The normalized spacial score (nSPS) is 13.6. The van der Waals surface area contributed by atoms with E-state index >= 15 is 0 Å². The molecule has 0 aliphatic heterocycles. The van der Waals surface area contributed by atoms with Crippen molar-refractivity contribution in [2.75, 3.05) is 12.3 Å². The van der Waals surface area contributed by atoms with Gasteiger partial charge >= 0.3 is 0 Å². The van der Waals surface area contributed by atoms with Crippen LogP contribution in [0.25, 0.3) is 0 Å². The van der Waals surface area contributed by atoms with E-state index in [0.29, 0.717) is 6.42 Å². The maximum Gasteiger partial charge on any atom is 0.241 e. The standard InChI is InChI=1S/C11H17FN2O3S/c1-3-9(6-15)14-18(16,17)11-5-8(13)4-10(12)7(11)2/h4-5,9,14-15H,3,6,13H2,1-2H3. The molecule has 1 aromatic carbocycles. The molecular formula is C11H17FN2O3S. The number of rotatable bonds is 5. The Morgan fingerprint density at radius 3 is 2.61 bits per heavy atom. The summed E-state index contributed by atoms with van der Waals surface area (Å²) < 4.78 is 39.8. The summed E-state index contributed by atoms with van der Waals surface area (Å²) in [6.07, 6.45) is 0.430. The number of sulfonamides is 1. The number of nitrogens with one attached hydrogen (secondary N) is 1. The average molecular weight is 276 g/mol. The molecule has 0 fully saturated rings. The van der Waals surface area contributed by atoms with Crippen LogP contribution in [0.2, 0.25) is 0 Å². The second-order valence-corrected chi connectivity index (χ2v) is 5.72. The molecule has 4 N–H and O–H groups in total. The van der Waals surface area contributed by atoms with Gasteiger partial charge in [-0.3, -0.25) is 0 Å². The lowest BCUT2D eigenvalue weighted by atomic mass is 10.2. The minimum atomic E-state index is -3.89. The van der Waals surface area contributed by atoms with Crippen molar-refractivity contribution in [1.82, 2.24) is 4.72 Å². The van der Waals surface area contributed by atoms with Crippen molar-refractivity contribution < 1.29 is 17.9 Å². The molecule has 18 heavy (non-hydrogen) atoms. The zero-order valence-corrected chi connectivity index (χ0v) is 11.1. The molecule has 102 valence electrons. The second kappa shape index (κ2) is 5.64. The zero-order chi connectivity index (χ0) is 13.9. The molecule has 0 saturated heterocycles. The van der Waals surface area contributed by atoms with Gasteiger partial charge in [-0.1, -0.05) is 6.92 Å². The Labute approximate surface area is 106 Å². The van der Waals surface area contributed by atoms with Gasteiger partial charge in [0.05, 0.1) is 11.5 Å². The number of hydrogen-bond acceptors (Lipinski definition) is 4. The van der Waals surface area contributed by atoms with Crippen LogP contribution in [0.1, 0.15) is 18.9 Å². The predicted octanol–water partition coefficient (Wildman–Crippen LogP) is 0.766. The molecule has 1 rings (SSSR count). The first-order valence-corrected chi connectivity index (χ1v) is 6.99. The molecule has 1 unspecified atom stereocenters. The third kappa shape index (κ3) is 3.18. The Balaban J connectivity index is 3.20. The van der Waals surface area contributed by atoms with Gasteiger partial charge in [0.25, 0.3) is 0 Å². The van der Waals surface area contributed by atoms with Crippen LogP contribution in [0.3, 0.4) is 0 Å². The molecule has 0 bridgehead atoms. The third-order valence-corrected chi connectivity index (χ3v) is 4.29. The summed E-state index contributed by atoms with van der Waals surface area (Å²) in [6.45, 7) is 2.78. The SMILES string of the molecule is CCC(CO)NS(=O)(=O)c1cc(N)cc(F)c1C. The molecule has 0 spiro atoms. The molecule has 7 heteroatoms. The van der Waals surface area contributed by atoms with E-state index in [4.69, 9.17) is 10.8 Å². The molecule has 0 aromatic heterocycles. The van der Waals surface area contributed by atoms with E-state index in [1.807, 2.05) is 0 Å². The molecule has 0 amide bonds. The number of aliphatic hydroxyl groups excluding tert-OH is 1. The predicted molar refractivity (Wildman–Crippen MR) is 67.0 cm³/mol. The lowest BCUT2D eigenvalue weighted by Crippen LogP contribution is -2.37. The molecule has 0 aliphatic carbocycles. The first-order chi connectivity index (χ1) is 8.31. The van der Waals surface area contributed by atoms with Crippen LogP contribution in [-0.2, 0) is 10.0 Å². The largest absolute Gasteiger partial charge is 0.399 e. The Morgan fingerprint density at radius 1 is 1.50 bits per heavy atom. The highest BCUT2D eigenvalue weighted by molar-refractivity contribution is 7.89. The fourth-order valence-corrected chi connectivity index (χ4v) is 3.08. The van der Waals surface area contributed by atoms with Gasteiger partial charge in [0, 0.05) is 17.3 Å². The maximum absolute atomic E-state index is 13.4. The second-order valence-electron chi connectivity index (χ2n) is 4.03. The summed E-state index contributed by atoms with van der Waals surface area (Å²) in [5.74, 6) is -0.674. The fraction of sp³-hybridized carbons (Fsp3) is 0.455. The van der Waals surface area contributed by atoms with Crippen molar-refractivity contribution in [3.05, 3.63) is 23.5 Å². The first-order valence-electron chi connectivity index (χ1n) is 5.50. The van der Waals surface area contributed by atoms with Gasteiger partial charge in [-0.2, -0.15) is 0 Å². The molecular weight excluding hydrogens is 259 g/mol. The van der Waals surface area contributed by atoms with Crippen LogP contribution in [0, 0.1) is 12.7 Å². The summed E-state index contributed by atoms with van der Waals surface area (Å²) in [5, 5.41) is 8.99. The summed E-state index contributed by atoms with van der Waals surface area (Å²) in [4.78, 5) is -0.202. The van der Waals surface area contributed by atoms with E-state index in [-0.39, 0.29) is 22.8 Å². The van der Waals surface area contributed by atoms with E-state index in [1.165, 1.54) is 13.0 Å². The highest BCUT2D eigenvalue weighted by atomic mass is 32.2. The van der Waals surface area contributed by atoms with Gasteiger partial charge in [-0.05, 0) is 25.5 Å². The van der Waals surface area contributed by atoms with Crippen LogP contribution in [-0.4, -0.2) is 26.2 Å². The van der Waals surface area contributed by atoms with Crippen molar-refractivity contribution in [3.63, 3.8) is 0 Å². The highest BCUT2D eigenvalue weighted by Gasteiger charge is 2.22. The van der Waals surface area contributed by atoms with Gasteiger partial charge in [-0.25, -0.2) is 17.5 Å². The van der Waals surface area contributed by atoms with Gasteiger partial charge < -0.3 is 10.8 Å². The molecule has 0 aliphatic rings. The van der Waals surface area contributed by atoms with Gasteiger partial charge in [0.1, 0.15) is 5.82 Å². The van der Waals surface area contributed by atoms with Gasteiger partial charge in [0.15, 0.2) is 0 Å². The van der Waals surface area contributed by atoms with E-state index in [2.05, 4.69) is 4.72 Å². The number of nitrogens with two attached hydrogens (primary N) is 1. The minimum Gasteiger partial charge on any atom is -0.399 e. The monoisotopic (exact) mass is 276 g/mol. The number of anilines is 1. The lowest BCUT2D eigenvalue weighted by Gasteiger charge is -2.16. The Morgan fingerprint density at radius 2 is 2.11 bits per heavy atom. The van der Waals surface area contributed by atoms with Crippen LogP contribution < -0.4 is 10.5 Å².